The Balaban J connectivity index is 1.91. The van der Waals surface area contributed by atoms with Gasteiger partial charge in [0.05, 0.1) is 0 Å². The first-order valence-corrected chi connectivity index (χ1v) is 6.45. The van der Waals surface area contributed by atoms with Crippen molar-refractivity contribution >= 4 is 23.1 Å². The fourth-order valence-corrected chi connectivity index (χ4v) is 1.90. The van der Waals surface area contributed by atoms with Gasteiger partial charge < -0.3 is 10.6 Å². The Morgan fingerprint density at radius 3 is 2.58 bits per heavy atom. The predicted molar refractivity (Wildman–Crippen MR) is 81.0 cm³/mol. The van der Waals surface area contributed by atoms with Crippen LogP contribution in [0.1, 0.15) is 17.1 Å². The average Bonchev–Trinajstić information content (AvgIpc) is 2.36. The van der Waals surface area contributed by atoms with Crippen LogP contribution >= 0.6 is 12.2 Å². The van der Waals surface area contributed by atoms with E-state index in [-0.39, 0.29) is 0 Å². The van der Waals surface area contributed by atoms with Crippen LogP contribution < -0.4 is 10.6 Å². The van der Waals surface area contributed by atoms with Gasteiger partial charge >= 0.3 is 0 Å². The van der Waals surface area contributed by atoms with E-state index in [1.54, 1.807) is 0 Å². The molecule has 0 aliphatic carbocycles. The van der Waals surface area contributed by atoms with Crippen LogP contribution in [0.3, 0.4) is 0 Å². The molecule has 0 aliphatic rings. The number of benzene rings is 1. The van der Waals surface area contributed by atoms with Crippen molar-refractivity contribution < 1.29 is 0 Å². The summed E-state index contributed by atoms with van der Waals surface area (Å²) in [6.07, 6.45) is 0. The van der Waals surface area contributed by atoms with Crippen molar-refractivity contribution in [1.82, 2.24) is 15.3 Å². The molecule has 98 valence electrons. The summed E-state index contributed by atoms with van der Waals surface area (Å²) in [6, 6.07) is 12.0. The molecule has 0 fully saturated rings. The Labute approximate surface area is 118 Å². The smallest absolute Gasteiger partial charge is 0.172 e. The van der Waals surface area contributed by atoms with Crippen molar-refractivity contribution in [2.24, 2.45) is 0 Å². The Bertz CT molecular complexity index is 549. The second-order valence-corrected chi connectivity index (χ2v) is 4.64. The molecule has 1 aromatic carbocycles. The number of thiocarbonyl (C=S) groups is 1. The van der Waals surface area contributed by atoms with E-state index in [9.17, 15) is 0 Å². The highest BCUT2D eigenvalue weighted by atomic mass is 32.1. The van der Waals surface area contributed by atoms with Gasteiger partial charge in [-0.3, -0.25) is 0 Å². The van der Waals surface area contributed by atoms with Gasteiger partial charge in [0, 0.05) is 18.3 Å². The molecule has 0 saturated heterocycles. The van der Waals surface area contributed by atoms with Crippen molar-refractivity contribution in [2.75, 3.05) is 5.32 Å². The fraction of sp³-hybridized carbons (Fsp3) is 0.214. The molecule has 2 aromatic rings. The van der Waals surface area contributed by atoms with E-state index in [1.807, 2.05) is 38.1 Å². The van der Waals surface area contributed by atoms with Crippen LogP contribution in [0, 0.1) is 13.8 Å². The van der Waals surface area contributed by atoms with E-state index >= 15 is 0 Å². The van der Waals surface area contributed by atoms with Crippen LogP contribution in [0.5, 0.6) is 0 Å². The molecule has 0 saturated carbocycles. The fourth-order valence-electron chi connectivity index (χ4n) is 1.72. The van der Waals surface area contributed by atoms with Gasteiger partial charge in [0.15, 0.2) is 5.11 Å². The van der Waals surface area contributed by atoms with Gasteiger partial charge in [-0.1, -0.05) is 30.3 Å². The van der Waals surface area contributed by atoms with E-state index in [4.69, 9.17) is 12.2 Å². The van der Waals surface area contributed by atoms with E-state index in [2.05, 4.69) is 32.7 Å². The summed E-state index contributed by atoms with van der Waals surface area (Å²) in [5.41, 5.74) is 2.10. The lowest BCUT2D eigenvalue weighted by atomic mass is 10.2. The van der Waals surface area contributed by atoms with E-state index in [0.29, 0.717) is 11.7 Å². The molecule has 2 N–H and O–H groups in total. The van der Waals surface area contributed by atoms with Gasteiger partial charge in [0.1, 0.15) is 11.6 Å². The van der Waals surface area contributed by atoms with Gasteiger partial charge in [-0.25, -0.2) is 9.97 Å². The lowest BCUT2D eigenvalue weighted by Gasteiger charge is -2.10. The topological polar surface area (TPSA) is 49.8 Å². The number of aryl methyl sites for hydroxylation is 2. The number of aromatic nitrogens is 2. The highest BCUT2D eigenvalue weighted by molar-refractivity contribution is 7.80. The van der Waals surface area contributed by atoms with Crippen molar-refractivity contribution in [3.05, 3.63) is 53.5 Å². The quantitative estimate of drug-likeness (QED) is 0.841. The summed E-state index contributed by atoms with van der Waals surface area (Å²) in [7, 11) is 0. The molecule has 4 nitrogen and oxygen atoms in total. The van der Waals surface area contributed by atoms with E-state index in [1.165, 1.54) is 5.56 Å². The third kappa shape index (κ3) is 4.30. The van der Waals surface area contributed by atoms with Crippen LogP contribution in [0.15, 0.2) is 36.4 Å². The van der Waals surface area contributed by atoms with Crippen LogP contribution in [0.4, 0.5) is 5.82 Å². The molecule has 0 amide bonds. The Kier molecular flexibility index (Phi) is 4.41. The van der Waals surface area contributed by atoms with Crippen LogP contribution in [0.2, 0.25) is 0 Å². The number of nitrogens with one attached hydrogen (secondary N) is 2. The summed E-state index contributed by atoms with van der Waals surface area (Å²) in [4.78, 5) is 8.50. The molecule has 0 spiro atoms. The highest BCUT2D eigenvalue weighted by Gasteiger charge is 2.01. The monoisotopic (exact) mass is 272 g/mol. The number of hydrogen-bond donors (Lipinski definition) is 2. The summed E-state index contributed by atoms with van der Waals surface area (Å²) in [5, 5.41) is 6.77. The summed E-state index contributed by atoms with van der Waals surface area (Å²) in [6.45, 7) is 4.48. The number of rotatable bonds is 3. The largest absolute Gasteiger partial charge is 0.358 e. The van der Waals surface area contributed by atoms with Crippen molar-refractivity contribution in [1.29, 1.82) is 0 Å². The molecule has 0 unspecified atom stereocenters. The zero-order chi connectivity index (χ0) is 13.7. The maximum absolute atomic E-state index is 5.24. The van der Waals surface area contributed by atoms with Crippen LogP contribution in [-0.4, -0.2) is 15.1 Å². The number of hydrogen-bond acceptors (Lipinski definition) is 3. The second-order valence-electron chi connectivity index (χ2n) is 4.24. The standard InChI is InChI=1S/C14H16N4S/c1-10-8-13(17-11(2)16-10)18-14(19)15-9-12-6-4-3-5-7-12/h3-8H,9H2,1-2H3,(H2,15,16,17,18,19). The first kappa shape index (κ1) is 13.4. The molecular weight excluding hydrogens is 256 g/mol. The lowest BCUT2D eigenvalue weighted by Crippen LogP contribution is -2.28. The van der Waals surface area contributed by atoms with E-state index in [0.717, 1.165) is 17.3 Å². The van der Waals surface area contributed by atoms with Gasteiger partial charge in [-0.05, 0) is 31.6 Å². The third-order valence-electron chi connectivity index (χ3n) is 2.50. The Morgan fingerprint density at radius 2 is 1.89 bits per heavy atom. The van der Waals surface area contributed by atoms with Gasteiger partial charge in [-0.2, -0.15) is 0 Å². The average molecular weight is 272 g/mol. The zero-order valence-corrected chi connectivity index (χ0v) is 11.8. The second kappa shape index (κ2) is 6.24. The van der Waals surface area contributed by atoms with E-state index < -0.39 is 0 Å². The molecule has 0 radical (unpaired) electrons. The van der Waals surface area contributed by atoms with Crippen molar-refractivity contribution in [3.63, 3.8) is 0 Å². The molecule has 0 aliphatic heterocycles. The first-order chi connectivity index (χ1) is 9.13. The molecule has 0 bridgehead atoms. The predicted octanol–water partition coefficient (Wildman–Crippen LogP) is 2.58. The SMILES string of the molecule is Cc1cc(NC(=S)NCc2ccccc2)nc(C)n1. The van der Waals surface area contributed by atoms with Gasteiger partial charge in [0.25, 0.3) is 0 Å². The maximum atomic E-state index is 5.24. The Morgan fingerprint density at radius 1 is 1.16 bits per heavy atom. The molecule has 1 aromatic heterocycles. The Hall–Kier alpha value is -2.01. The molecule has 1 heterocycles. The highest BCUT2D eigenvalue weighted by Crippen LogP contribution is 2.05. The van der Waals surface area contributed by atoms with Gasteiger partial charge in [0.2, 0.25) is 0 Å². The minimum atomic E-state index is 0.557. The molecule has 19 heavy (non-hydrogen) atoms. The molecular formula is C14H16N4S. The van der Waals surface area contributed by atoms with Crippen LogP contribution in [0.25, 0.3) is 0 Å². The lowest BCUT2D eigenvalue weighted by molar-refractivity contribution is 0.923. The minimum absolute atomic E-state index is 0.557. The third-order valence-corrected chi connectivity index (χ3v) is 2.75. The van der Waals surface area contributed by atoms with Crippen molar-refractivity contribution in [3.8, 4) is 0 Å². The normalized spacial score (nSPS) is 10.0. The zero-order valence-electron chi connectivity index (χ0n) is 11.0. The molecule has 5 heteroatoms. The molecule has 0 atom stereocenters. The van der Waals surface area contributed by atoms with Gasteiger partial charge in [-0.15, -0.1) is 0 Å². The maximum Gasteiger partial charge on any atom is 0.172 e. The summed E-state index contributed by atoms with van der Waals surface area (Å²) in [5.74, 6) is 1.45. The molecule has 2 rings (SSSR count). The van der Waals surface area contributed by atoms with Crippen molar-refractivity contribution in [2.45, 2.75) is 20.4 Å². The van der Waals surface area contributed by atoms with Crippen LogP contribution in [-0.2, 0) is 6.54 Å². The number of nitrogens with zero attached hydrogens (tertiary/aromatic N) is 2. The number of anilines is 1. The first-order valence-electron chi connectivity index (χ1n) is 6.04. The summed E-state index contributed by atoms with van der Waals surface area (Å²) < 4.78 is 0. The summed E-state index contributed by atoms with van der Waals surface area (Å²) >= 11 is 5.24. The minimum Gasteiger partial charge on any atom is -0.358 e.